The van der Waals surface area contributed by atoms with E-state index < -0.39 is 0 Å². The Labute approximate surface area is 134 Å². The highest BCUT2D eigenvalue weighted by molar-refractivity contribution is 5.83. The maximum atomic E-state index is 12.4. The van der Waals surface area contributed by atoms with Gasteiger partial charge in [-0.3, -0.25) is 9.59 Å². The van der Waals surface area contributed by atoms with Gasteiger partial charge in [0.15, 0.2) is 0 Å². The highest BCUT2D eigenvalue weighted by atomic mass is 16.2. The van der Waals surface area contributed by atoms with Gasteiger partial charge in [-0.25, -0.2) is 0 Å². The summed E-state index contributed by atoms with van der Waals surface area (Å²) < 4.78 is 0. The number of carbonyl (C=O) groups excluding carboxylic acids is 2. The van der Waals surface area contributed by atoms with Crippen LogP contribution in [-0.4, -0.2) is 36.3 Å². The van der Waals surface area contributed by atoms with Crippen LogP contribution in [0, 0.1) is 17.3 Å². The first-order valence-corrected chi connectivity index (χ1v) is 8.54. The lowest BCUT2D eigenvalue weighted by Crippen LogP contribution is -2.39. The summed E-state index contributed by atoms with van der Waals surface area (Å²) >= 11 is 0. The quantitative estimate of drug-likeness (QED) is 0.794. The minimum absolute atomic E-state index is 0.0553. The summed E-state index contributed by atoms with van der Waals surface area (Å²) in [5, 5.41) is 3.03. The smallest absolute Gasteiger partial charge is 0.224 e. The Morgan fingerprint density at radius 1 is 1.32 bits per heavy atom. The molecule has 0 aromatic heterocycles. The van der Waals surface area contributed by atoms with Crippen LogP contribution in [0.1, 0.15) is 53.4 Å². The molecule has 4 heteroatoms. The predicted octanol–water partition coefficient (Wildman–Crippen LogP) is 2.74. The fourth-order valence-electron chi connectivity index (χ4n) is 3.55. The van der Waals surface area contributed by atoms with Crippen molar-refractivity contribution in [3.05, 3.63) is 11.6 Å². The number of hydrogen-bond acceptors (Lipinski definition) is 2. The lowest BCUT2D eigenvalue weighted by atomic mass is 10.1. The molecule has 2 fully saturated rings. The van der Waals surface area contributed by atoms with Crippen molar-refractivity contribution in [3.63, 3.8) is 0 Å². The van der Waals surface area contributed by atoms with E-state index in [1.54, 1.807) is 0 Å². The van der Waals surface area contributed by atoms with Gasteiger partial charge in [-0.15, -0.1) is 0 Å². The third kappa shape index (κ3) is 3.90. The van der Waals surface area contributed by atoms with Crippen molar-refractivity contribution in [1.82, 2.24) is 10.2 Å². The Bertz CT molecular complexity index is 464. The maximum Gasteiger partial charge on any atom is 0.224 e. The van der Waals surface area contributed by atoms with Crippen LogP contribution in [0.3, 0.4) is 0 Å². The van der Waals surface area contributed by atoms with Crippen LogP contribution in [0.25, 0.3) is 0 Å². The molecule has 1 saturated heterocycles. The molecular formula is C18H30N2O2. The molecule has 1 saturated carbocycles. The van der Waals surface area contributed by atoms with Crippen LogP contribution in [0.15, 0.2) is 11.6 Å². The van der Waals surface area contributed by atoms with Crippen LogP contribution >= 0.6 is 0 Å². The number of allylic oxidation sites excluding steroid dienone is 2. The second kappa shape index (κ2) is 6.84. The fourth-order valence-corrected chi connectivity index (χ4v) is 3.55. The maximum absolute atomic E-state index is 12.4. The van der Waals surface area contributed by atoms with Gasteiger partial charge in [-0.2, -0.15) is 0 Å². The molecule has 22 heavy (non-hydrogen) atoms. The zero-order chi connectivity index (χ0) is 16.3. The number of carbonyl (C=O) groups is 2. The first-order chi connectivity index (χ1) is 10.3. The zero-order valence-electron chi connectivity index (χ0n) is 14.4. The van der Waals surface area contributed by atoms with Gasteiger partial charge >= 0.3 is 0 Å². The van der Waals surface area contributed by atoms with E-state index in [-0.39, 0.29) is 23.1 Å². The lowest BCUT2D eigenvalue weighted by Gasteiger charge is -2.20. The minimum atomic E-state index is 0.0553. The molecule has 2 aliphatic rings. The molecule has 0 aromatic carbocycles. The van der Waals surface area contributed by atoms with Crippen LogP contribution in [-0.2, 0) is 9.59 Å². The first kappa shape index (κ1) is 17.0. The summed E-state index contributed by atoms with van der Waals surface area (Å²) in [6, 6.07) is 0. The van der Waals surface area contributed by atoms with E-state index >= 15 is 0 Å². The van der Waals surface area contributed by atoms with E-state index in [2.05, 4.69) is 39.1 Å². The Balaban J connectivity index is 1.79. The fraction of sp³-hybridized carbons (Fsp3) is 0.778. The Hall–Kier alpha value is -1.32. The van der Waals surface area contributed by atoms with E-state index in [0.29, 0.717) is 25.4 Å². The van der Waals surface area contributed by atoms with E-state index in [1.807, 2.05) is 4.90 Å². The Morgan fingerprint density at radius 3 is 2.73 bits per heavy atom. The molecule has 2 atom stereocenters. The van der Waals surface area contributed by atoms with Crippen molar-refractivity contribution in [2.75, 3.05) is 19.6 Å². The van der Waals surface area contributed by atoms with Crippen LogP contribution in [0.5, 0.6) is 0 Å². The number of nitrogens with one attached hydrogen (secondary N) is 1. The normalized spacial score (nSPS) is 27.1. The Morgan fingerprint density at radius 2 is 2.05 bits per heavy atom. The van der Waals surface area contributed by atoms with Gasteiger partial charge < -0.3 is 10.2 Å². The average Bonchev–Trinajstić information content (AvgIpc) is 3.02. The zero-order valence-corrected chi connectivity index (χ0v) is 14.4. The molecule has 1 aliphatic heterocycles. The van der Waals surface area contributed by atoms with E-state index in [9.17, 15) is 9.59 Å². The first-order valence-electron chi connectivity index (χ1n) is 8.54. The predicted molar refractivity (Wildman–Crippen MR) is 88.2 cm³/mol. The summed E-state index contributed by atoms with van der Waals surface area (Å²) in [6.45, 7) is 10.5. The molecule has 4 nitrogen and oxygen atoms in total. The summed E-state index contributed by atoms with van der Waals surface area (Å²) in [7, 11) is 0. The monoisotopic (exact) mass is 306 g/mol. The third-order valence-corrected chi connectivity index (χ3v) is 5.06. The molecule has 124 valence electrons. The molecule has 2 rings (SSSR count). The minimum Gasteiger partial charge on any atom is -0.354 e. The number of amides is 2. The Kier molecular flexibility index (Phi) is 5.30. The molecule has 1 aliphatic carbocycles. The average molecular weight is 306 g/mol. The van der Waals surface area contributed by atoms with Crippen LogP contribution in [0.4, 0.5) is 0 Å². The second-order valence-electron chi connectivity index (χ2n) is 7.55. The highest BCUT2D eigenvalue weighted by Gasteiger charge is 2.60. The lowest BCUT2D eigenvalue weighted by molar-refractivity contribution is -0.131. The molecular weight excluding hydrogens is 276 g/mol. The molecule has 0 bridgehead atoms. The van der Waals surface area contributed by atoms with Crippen LogP contribution < -0.4 is 5.32 Å². The molecule has 1 heterocycles. The van der Waals surface area contributed by atoms with Gasteiger partial charge in [-0.05, 0) is 38.0 Å². The molecule has 0 spiro atoms. The third-order valence-electron chi connectivity index (χ3n) is 5.06. The standard InChI is InChI=1S/C18H30N2O2/c1-13(2)12-14-16(18(14,3)4)17(22)19-9-11-20-10-7-5-6-8-15(20)21/h12,14,16H,5-11H2,1-4H3,(H,19,22)/t14-,16+/m1/s1. The SMILES string of the molecule is CC(C)=C[C@@H]1[C@@H](C(=O)NCCN2CCCCCC2=O)C1(C)C. The number of rotatable bonds is 5. The number of likely N-dealkylation sites (tertiary alicyclic amines) is 1. The van der Waals surface area contributed by atoms with Crippen molar-refractivity contribution in [3.8, 4) is 0 Å². The van der Waals surface area contributed by atoms with Crippen molar-refractivity contribution < 1.29 is 9.59 Å². The number of nitrogens with zero attached hydrogens (tertiary/aromatic N) is 1. The summed E-state index contributed by atoms with van der Waals surface area (Å²) in [6.07, 6.45) is 6.09. The van der Waals surface area contributed by atoms with Gasteiger partial charge in [0.05, 0.1) is 5.92 Å². The van der Waals surface area contributed by atoms with Crippen LogP contribution in [0.2, 0.25) is 0 Å². The van der Waals surface area contributed by atoms with Gasteiger partial charge in [0.1, 0.15) is 0 Å². The molecule has 0 radical (unpaired) electrons. The molecule has 0 aromatic rings. The van der Waals surface area contributed by atoms with E-state index in [1.165, 1.54) is 5.57 Å². The summed E-state index contributed by atoms with van der Waals surface area (Å²) in [5.41, 5.74) is 1.32. The topological polar surface area (TPSA) is 49.4 Å². The van der Waals surface area contributed by atoms with Gasteiger partial charge in [0.2, 0.25) is 11.8 Å². The largest absolute Gasteiger partial charge is 0.354 e. The van der Waals surface area contributed by atoms with Gasteiger partial charge in [0.25, 0.3) is 0 Å². The second-order valence-corrected chi connectivity index (χ2v) is 7.55. The number of hydrogen-bond donors (Lipinski definition) is 1. The van der Waals surface area contributed by atoms with E-state index in [4.69, 9.17) is 0 Å². The van der Waals surface area contributed by atoms with Crippen molar-refractivity contribution >= 4 is 11.8 Å². The summed E-state index contributed by atoms with van der Waals surface area (Å²) in [5.74, 6) is 0.787. The van der Waals surface area contributed by atoms with Crippen molar-refractivity contribution in [2.45, 2.75) is 53.4 Å². The van der Waals surface area contributed by atoms with Gasteiger partial charge in [0, 0.05) is 26.1 Å². The van der Waals surface area contributed by atoms with E-state index in [0.717, 1.165) is 25.8 Å². The van der Waals surface area contributed by atoms with Crippen molar-refractivity contribution in [1.29, 1.82) is 0 Å². The highest BCUT2D eigenvalue weighted by Crippen LogP contribution is 2.59. The molecule has 2 amide bonds. The van der Waals surface area contributed by atoms with Crippen molar-refractivity contribution in [2.24, 2.45) is 17.3 Å². The summed E-state index contributed by atoms with van der Waals surface area (Å²) in [4.78, 5) is 26.2. The van der Waals surface area contributed by atoms with Gasteiger partial charge in [-0.1, -0.05) is 31.9 Å². The molecule has 1 N–H and O–H groups in total. The molecule has 0 unspecified atom stereocenters.